The van der Waals surface area contributed by atoms with Gasteiger partial charge in [-0.2, -0.15) is 5.06 Å². The molecule has 8 heteroatoms. The van der Waals surface area contributed by atoms with Crippen molar-refractivity contribution in [3.05, 3.63) is 41.7 Å². The minimum atomic E-state index is 0.0535. The first kappa shape index (κ1) is 21.9. The van der Waals surface area contributed by atoms with E-state index in [9.17, 15) is 4.79 Å². The zero-order valence-corrected chi connectivity index (χ0v) is 20.2. The summed E-state index contributed by atoms with van der Waals surface area (Å²) in [5.74, 6) is 1.05. The molecule has 0 N–H and O–H groups in total. The second-order valence-electron chi connectivity index (χ2n) is 10.4. The van der Waals surface area contributed by atoms with Gasteiger partial charge in [-0.05, 0) is 50.5 Å². The summed E-state index contributed by atoms with van der Waals surface area (Å²) in [4.78, 5) is 34.4. The highest BCUT2D eigenvalue weighted by atomic mass is 16.7. The number of pyridine rings is 2. The molecule has 0 unspecified atom stereocenters. The van der Waals surface area contributed by atoms with Crippen molar-refractivity contribution in [1.29, 1.82) is 0 Å². The number of hydrogen-bond acceptors (Lipinski definition) is 7. The first-order chi connectivity index (χ1) is 16.5. The van der Waals surface area contributed by atoms with Crippen molar-refractivity contribution < 1.29 is 9.63 Å². The Bertz CT molecular complexity index is 1080. The second kappa shape index (κ2) is 8.59. The van der Waals surface area contributed by atoms with E-state index in [1.165, 1.54) is 19.3 Å². The molecule has 4 aliphatic rings. The largest absolute Gasteiger partial charge is 0.353 e. The number of carbonyl (C=O) groups excluding carboxylic acids is 1. The molecule has 6 rings (SSSR count). The average molecular weight is 463 g/mol. The SMILES string of the molecule is CCON1CC2(CC[C@@H](N3CCN(c4ncccc4-c4ccc5c(n4)CN(C)C5=O)CC3)C2)C1. The lowest BCUT2D eigenvalue weighted by molar-refractivity contribution is -0.246. The molecule has 2 saturated heterocycles. The van der Waals surface area contributed by atoms with E-state index in [0.717, 1.165) is 74.2 Å². The smallest absolute Gasteiger partial charge is 0.255 e. The molecule has 1 spiro atoms. The molecule has 1 saturated carbocycles. The molecule has 5 heterocycles. The summed E-state index contributed by atoms with van der Waals surface area (Å²) >= 11 is 0. The second-order valence-corrected chi connectivity index (χ2v) is 10.4. The molecule has 3 aliphatic heterocycles. The van der Waals surface area contributed by atoms with Crippen LogP contribution in [0.15, 0.2) is 30.5 Å². The molecular weight excluding hydrogens is 428 g/mol. The molecule has 8 nitrogen and oxygen atoms in total. The summed E-state index contributed by atoms with van der Waals surface area (Å²) < 4.78 is 0. The van der Waals surface area contributed by atoms with Gasteiger partial charge in [0.05, 0.1) is 30.1 Å². The zero-order valence-electron chi connectivity index (χ0n) is 20.2. The van der Waals surface area contributed by atoms with Crippen molar-refractivity contribution in [1.82, 2.24) is 24.8 Å². The molecule has 0 radical (unpaired) electrons. The Balaban J connectivity index is 1.12. The van der Waals surface area contributed by atoms with Crippen LogP contribution in [0.3, 0.4) is 0 Å². The van der Waals surface area contributed by atoms with E-state index in [0.29, 0.717) is 18.0 Å². The van der Waals surface area contributed by atoms with Crippen LogP contribution in [0, 0.1) is 5.41 Å². The van der Waals surface area contributed by atoms with Gasteiger partial charge in [0.25, 0.3) is 5.91 Å². The van der Waals surface area contributed by atoms with Crippen LogP contribution in [-0.2, 0) is 11.4 Å². The molecular formula is C26H34N6O2. The number of nitrogens with zero attached hydrogens (tertiary/aromatic N) is 6. The normalized spacial score (nSPS) is 24.6. The van der Waals surface area contributed by atoms with Crippen LogP contribution >= 0.6 is 0 Å². The Morgan fingerprint density at radius 1 is 1.12 bits per heavy atom. The van der Waals surface area contributed by atoms with Crippen LogP contribution in [0.25, 0.3) is 11.3 Å². The van der Waals surface area contributed by atoms with Crippen LogP contribution in [-0.4, -0.2) is 89.7 Å². The van der Waals surface area contributed by atoms with Crippen LogP contribution in [0.2, 0.25) is 0 Å². The lowest BCUT2D eigenvalue weighted by Gasteiger charge is -2.47. The maximum absolute atomic E-state index is 12.3. The van der Waals surface area contributed by atoms with Gasteiger partial charge in [0.2, 0.25) is 0 Å². The molecule has 34 heavy (non-hydrogen) atoms. The minimum Gasteiger partial charge on any atom is -0.353 e. The monoisotopic (exact) mass is 462 g/mol. The lowest BCUT2D eigenvalue weighted by Crippen LogP contribution is -2.56. The third-order valence-corrected chi connectivity index (χ3v) is 8.14. The van der Waals surface area contributed by atoms with Gasteiger partial charge < -0.3 is 9.80 Å². The van der Waals surface area contributed by atoms with Gasteiger partial charge in [-0.1, -0.05) is 0 Å². The number of aromatic nitrogens is 2. The van der Waals surface area contributed by atoms with Crippen molar-refractivity contribution in [3.8, 4) is 11.3 Å². The summed E-state index contributed by atoms with van der Waals surface area (Å²) in [7, 11) is 1.82. The molecule has 2 aromatic rings. The van der Waals surface area contributed by atoms with Gasteiger partial charge in [0.15, 0.2) is 0 Å². The summed E-state index contributed by atoms with van der Waals surface area (Å²) in [5.41, 5.74) is 4.01. The fourth-order valence-corrected chi connectivity index (χ4v) is 6.37. The Labute approximate surface area is 201 Å². The number of anilines is 1. The number of amides is 1. The highest BCUT2D eigenvalue weighted by Gasteiger charge is 2.50. The van der Waals surface area contributed by atoms with E-state index < -0.39 is 0 Å². The van der Waals surface area contributed by atoms with Gasteiger partial charge in [-0.15, -0.1) is 0 Å². The maximum atomic E-state index is 12.3. The summed E-state index contributed by atoms with van der Waals surface area (Å²) in [5, 5.41) is 2.14. The molecule has 1 atom stereocenters. The molecule has 0 aromatic carbocycles. The first-order valence-corrected chi connectivity index (χ1v) is 12.6. The number of hydrogen-bond donors (Lipinski definition) is 0. The molecule has 1 aliphatic carbocycles. The zero-order chi connectivity index (χ0) is 23.3. The van der Waals surface area contributed by atoms with Gasteiger partial charge in [-0.25, -0.2) is 9.97 Å². The van der Waals surface area contributed by atoms with E-state index in [1.807, 2.05) is 31.4 Å². The Morgan fingerprint density at radius 3 is 2.74 bits per heavy atom. The van der Waals surface area contributed by atoms with Crippen LogP contribution in [0.5, 0.6) is 0 Å². The quantitative estimate of drug-likeness (QED) is 0.677. The number of piperazine rings is 1. The molecule has 3 fully saturated rings. The predicted octanol–water partition coefficient (Wildman–Crippen LogP) is 2.66. The van der Waals surface area contributed by atoms with E-state index in [2.05, 4.69) is 27.9 Å². The van der Waals surface area contributed by atoms with Crippen molar-refractivity contribution in [2.24, 2.45) is 5.41 Å². The standard InChI is InChI=1S/C26H34N6O2/c1-3-34-32-17-26(18-32)9-8-19(15-26)30-11-13-31(14-12-30)24-20(5-4-10-27-24)22-7-6-21-23(28-22)16-29(2)25(21)33/h4-7,10,19H,3,8-9,11-18H2,1-2H3/t19-/m1/s1. The van der Waals surface area contributed by atoms with Gasteiger partial charge in [0, 0.05) is 69.5 Å². The van der Waals surface area contributed by atoms with Gasteiger partial charge in [0.1, 0.15) is 5.82 Å². The fourth-order valence-electron chi connectivity index (χ4n) is 6.37. The van der Waals surface area contributed by atoms with Gasteiger partial charge in [-0.3, -0.25) is 14.5 Å². The van der Waals surface area contributed by atoms with Crippen LogP contribution in [0.1, 0.15) is 42.2 Å². The van der Waals surface area contributed by atoms with Crippen LogP contribution < -0.4 is 4.90 Å². The van der Waals surface area contributed by atoms with E-state index in [4.69, 9.17) is 14.8 Å². The molecule has 0 bridgehead atoms. The number of fused-ring (bicyclic) bond motifs is 1. The van der Waals surface area contributed by atoms with Crippen molar-refractivity contribution in [2.75, 3.05) is 57.8 Å². The molecule has 1 amide bonds. The number of hydroxylamine groups is 2. The number of carbonyl (C=O) groups is 1. The third kappa shape index (κ3) is 3.78. The van der Waals surface area contributed by atoms with Gasteiger partial charge >= 0.3 is 0 Å². The predicted molar refractivity (Wildman–Crippen MR) is 130 cm³/mol. The Hall–Kier alpha value is -2.55. The lowest BCUT2D eigenvalue weighted by atomic mass is 9.79. The summed E-state index contributed by atoms with van der Waals surface area (Å²) in [6.45, 7) is 9.71. The maximum Gasteiger partial charge on any atom is 0.255 e. The van der Waals surface area contributed by atoms with E-state index in [-0.39, 0.29) is 5.91 Å². The summed E-state index contributed by atoms with van der Waals surface area (Å²) in [6, 6.07) is 8.66. The highest BCUT2D eigenvalue weighted by molar-refractivity contribution is 5.98. The first-order valence-electron chi connectivity index (χ1n) is 12.6. The van der Waals surface area contributed by atoms with Crippen molar-refractivity contribution >= 4 is 11.7 Å². The Morgan fingerprint density at radius 2 is 1.94 bits per heavy atom. The Kier molecular flexibility index (Phi) is 5.54. The minimum absolute atomic E-state index is 0.0535. The van der Waals surface area contributed by atoms with E-state index in [1.54, 1.807) is 4.90 Å². The number of rotatable bonds is 5. The average Bonchev–Trinajstić information content (AvgIpc) is 3.41. The topological polar surface area (TPSA) is 65.0 Å². The highest BCUT2D eigenvalue weighted by Crippen LogP contribution is 2.47. The van der Waals surface area contributed by atoms with Crippen LogP contribution in [0.4, 0.5) is 5.82 Å². The van der Waals surface area contributed by atoms with Crippen molar-refractivity contribution in [2.45, 2.75) is 38.8 Å². The fraction of sp³-hybridized carbons (Fsp3) is 0.577. The molecule has 180 valence electrons. The molecule has 2 aromatic heterocycles. The summed E-state index contributed by atoms with van der Waals surface area (Å²) in [6.07, 6.45) is 5.81. The van der Waals surface area contributed by atoms with E-state index >= 15 is 0 Å². The van der Waals surface area contributed by atoms with Crippen molar-refractivity contribution in [3.63, 3.8) is 0 Å². The third-order valence-electron chi connectivity index (χ3n) is 8.14.